The Labute approximate surface area is 403 Å². The van der Waals surface area contributed by atoms with Gasteiger partial charge in [-0.3, -0.25) is 0 Å². The summed E-state index contributed by atoms with van der Waals surface area (Å²) in [6.45, 7) is 0. The molecule has 3 aromatic heterocycles. The first-order valence-corrected chi connectivity index (χ1v) is 22.7. The zero-order valence-corrected chi connectivity index (χ0v) is 37.3. The van der Waals surface area contributed by atoms with Crippen molar-refractivity contribution in [3.63, 3.8) is 0 Å². The molecule has 7 nitrogen and oxygen atoms in total. The molecule has 0 aliphatic carbocycles. The maximum absolute atomic E-state index is 10.2. The summed E-state index contributed by atoms with van der Waals surface area (Å²) in [4.78, 5) is 5.43. The molecule has 0 radical (unpaired) electrons. The molecular weight excluding hydrogens is 855 g/mol. The molecule has 3 heterocycles. The van der Waals surface area contributed by atoms with Gasteiger partial charge < -0.3 is 9.13 Å². The smallest absolute Gasteiger partial charge is 0.0998 e. The van der Waals surface area contributed by atoms with Crippen LogP contribution in [-0.4, -0.2) is 14.1 Å². The average molecular weight is 890 g/mol. The Morgan fingerprint density at radius 1 is 0.300 bits per heavy atom. The molecule has 12 rings (SSSR count). The monoisotopic (exact) mass is 889 g/mol. The van der Waals surface area contributed by atoms with E-state index in [9.17, 15) is 21.0 Å². The highest BCUT2D eigenvalue weighted by molar-refractivity contribution is 6.12. The molecule has 0 atom stereocenters. The summed E-state index contributed by atoms with van der Waals surface area (Å²) in [6, 6.07) is 80.6. The highest BCUT2D eigenvalue weighted by Crippen LogP contribution is 2.41. The minimum absolute atomic E-state index is 0.441. The van der Waals surface area contributed by atoms with Crippen LogP contribution in [0.25, 0.3) is 111 Å². The summed E-state index contributed by atoms with van der Waals surface area (Å²) in [7, 11) is 0. The van der Waals surface area contributed by atoms with Crippen LogP contribution < -0.4 is 0 Å². The molecule has 0 saturated heterocycles. The minimum atomic E-state index is 0.441. The number of nitriles is 4. The van der Waals surface area contributed by atoms with Gasteiger partial charge in [0.25, 0.3) is 0 Å². The van der Waals surface area contributed by atoms with E-state index in [0.717, 1.165) is 111 Å². The van der Waals surface area contributed by atoms with Crippen LogP contribution in [0.3, 0.4) is 0 Å². The summed E-state index contributed by atoms with van der Waals surface area (Å²) in [6.07, 6.45) is 0. The zero-order chi connectivity index (χ0) is 47.3. The molecular formula is C63H35N7. The van der Waals surface area contributed by atoms with E-state index in [2.05, 4.69) is 185 Å². The largest absolute Gasteiger partial charge is 0.309 e. The van der Waals surface area contributed by atoms with Crippen molar-refractivity contribution in [3.05, 3.63) is 235 Å². The zero-order valence-electron chi connectivity index (χ0n) is 37.3. The molecule has 0 spiro atoms. The second-order valence-corrected chi connectivity index (χ2v) is 17.2. The van der Waals surface area contributed by atoms with E-state index in [1.54, 1.807) is 24.3 Å². The van der Waals surface area contributed by atoms with Gasteiger partial charge in [0.2, 0.25) is 0 Å². The maximum atomic E-state index is 10.2. The molecule has 0 aliphatic rings. The Bertz CT molecular complexity index is 4010. The van der Waals surface area contributed by atoms with Gasteiger partial charge in [-0.05, 0) is 124 Å². The van der Waals surface area contributed by atoms with E-state index in [1.807, 2.05) is 36.4 Å². The fourth-order valence-corrected chi connectivity index (χ4v) is 9.99. The number of benzene rings is 9. The first kappa shape index (κ1) is 41.1. The molecule has 70 heavy (non-hydrogen) atoms. The van der Waals surface area contributed by atoms with Crippen LogP contribution in [0.1, 0.15) is 22.3 Å². The Kier molecular flexibility index (Phi) is 9.90. The number of para-hydroxylation sites is 2. The SMILES string of the molecule is N#Cc1ccc(-c2ccc3c(c2)c2ccccc2n3-c2cc(-c3cc(-c4ccccc4)cc(-c4ccccc4)n3)cc(-n3c4ccccc4c4cc(-c5ccc(C#N)cc5C#N)ccc43)c2)c(C#N)c1. The third-order valence-corrected chi connectivity index (χ3v) is 13.2. The van der Waals surface area contributed by atoms with Gasteiger partial charge in [-0.1, -0.05) is 121 Å². The van der Waals surface area contributed by atoms with Crippen molar-refractivity contribution in [1.82, 2.24) is 14.1 Å². The molecule has 322 valence electrons. The standard InChI is InChI=1S/C63H35N7/c64-36-40-19-23-52(48(27-40)38-66)44-21-25-62-56(31-44)54-15-7-9-17-60(54)69(62)50-29-47(59-34-46(42-11-3-1-4-12-42)33-58(68-59)43-13-5-2-6-14-43)30-51(35-50)70-61-18-10-8-16-55(61)57-32-45(22-26-63(57)70)53-24-20-41(37-65)28-49(53)39-67/h1-35H. The van der Waals surface area contributed by atoms with Crippen molar-refractivity contribution in [2.24, 2.45) is 0 Å². The van der Waals surface area contributed by atoms with E-state index in [-0.39, 0.29) is 0 Å². The van der Waals surface area contributed by atoms with E-state index < -0.39 is 0 Å². The number of hydrogen-bond donors (Lipinski definition) is 0. The molecule has 0 N–H and O–H groups in total. The third-order valence-electron chi connectivity index (χ3n) is 13.2. The molecule has 0 unspecified atom stereocenters. The maximum Gasteiger partial charge on any atom is 0.0998 e. The Morgan fingerprint density at radius 3 is 1.23 bits per heavy atom. The fourth-order valence-electron chi connectivity index (χ4n) is 9.99. The van der Waals surface area contributed by atoms with E-state index >= 15 is 0 Å². The molecule has 0 amide bonds. The van der Waals surface area contributed by atoms with Gasteiger partial charge in [0.15, 0.2) is 0 Å². The van der Waals surface area contributed by atoms with Crippen LogP contribution in [0, 0.1) is 45.3 Å². The molecule has 0 fully saturated rings. The van der Waals surface area contributed by atoms with Gasteiger partial charge in [0.1, 0.15) is 0 Å². The minimum Gasteiger partial charge on any atom is -0.309 e. The van der Waals surface area contributed by atoms with Crippen molar-refractivity contribution in [3.8, 4) is 91.5 Å². The van der Waals surface area contributed by atoms with Crippen LogP contribution in [0.4, 0.5) is 0 Å². The van der Waals surface area contributed by atoms with Crippen LogP contribution >= 0.6 is 0 Å². The van der Waals surface area contributed by atoms with E-state index in [4.69, 9.17) is 4.98 Å². The number of pyridine rings is 1. The first-order valence-electron chi connectivity index (χ1n) is 22.7. The Hall–Kier alpha value is -10.3. The fraction of sp³-hybridized carbons (Fsp3) is 0. The predicted octanol–water partition coefficient (Wildman–Crippen LogP) is 15.1. The van der Waals surface area contributed by atoms with Crippen molar-refractivity contribution < 1.29 is 0 Å². The van der Waals surface area contributed by atoms with Gasteiger partial charge in [0.05, 0.1) is 80.0 Å². The summed E-state index contributed by atoms with van der Waals surface area (Å²) in [5, 5.41) is 43.7. The topological polar surface area (TPSA) is 118 Å². The summed E-state index contributed by atoms with van der Waals surface area (Å²) < 4.78 is 4.62. The molecule has 0 saturated carbocycles. The highest BCUT2D eigenvalue weighted by Gasteiger charge is 2.21. The van der Waals surface area contributed by atoms with Gasteiger partial charge in [-0.25, -0.2) is 4.98 Å². The molecule has 9 aromatic carbocycles. The van der Waals surface area contributed by atoms with Gasteiger partial charge in [-0.15, -0.1) is 0 Å². The van der Waals surface area contributed by atoms with Crippen molar-refractivity contribution >= 4 is 43.6 Å². The molecule has 0 aliphatic heterocycles. The Morgan fingerprint density at radius 2 is 0.743 bits per heavy atom. The molecule has 12 aromatic rings. The lowest BCUT2D eigenvalue weighted by Crippen LogP contribution is -2.01. The first-order chi connectivity index (χ1) is 34.5. The third kappa shape index (κ3) is 6.92. The van der Waals surface area contributed by atoms with Gasteiger partial charge in [-0.2, -0.15) is 21.0 Å². The molecule has 0 bridgehead atoms. The quantitative estimate of drug-likeness (QED) is 0.158. The van der Waals surface area contributed by atoms with Crippen LogP contribution in [0.5, 0.6) is 0 Å². The van der Waals surface area contributed by atoms with Crippen molar-refractivity contribution in [2.45, 2.75) is 0 Å². The van der Waals surface area contributed by atoms with Crippen LogP contribution in [-0.2, 0) is 0 Å². The van der Waals surface area contributed by atoms with Gasteiger partial charge >= 0.3 is 0 Å². The normalized spacial score (nSPS) is 11.1. The number of nitrogens with zero attached hydrogens (tertiary/aromatic N) is 7. The predicted molar refractivity (Wildman–Crippen MR) is 279 cm³/mol. The number of hydrogen-bond acceptors (Lipinski definition) is 5. The number of aromatic nitrogens is 3. The number of rotatable bonds is 7. The highest BCUT2D eigenvalue weighted by atomic mass is 15.0. The average Bonchev–Trinajstić information content (AvgIpc) is 3.95. The molecule has 7 heteroatoms. The summed E-state index contributed by atoms with van der Waals surface area (Å²) in [5.41, 5.74) is 16.6. The van der Waals surface area contributed by atoms with Crippen molar-refractivity contribution in [2.75, 3.05) is 0 Å². The number of fused-ring (bicyclic) bond motifs is 6. The van der Waals surface area contributed by atoms with Crippen molar-refractivity contribution in [1.29, 1.82) is 21.0 Å². The van der Waals surface area contributed by atoms with Crippen LogP contribution in [0.15, 0.2) is 212 Å². The summed E-state index contributed by atoms with van der Waals surface area (Å²) >= 11 is 0. The second kappa shape index (κ2) is 16.8. The van der Waals surface area contributed by atoms with E-state index in [1.165, 1.54) is 0 Å². The summed E-state index contributed by atoms with van der Waals surface area (Å²) in [5.74, 6) is 0. The van der Waals surface area contributed by atoms with Crippen LogP contribution in [0.2, 0.25) is 0 Å². The lowest BCUT2D eigenvalue weighted by Gasteiger charge is -2.17. The van der Waals surface area contributed by atoms with Gasteiger partial charge in [0, 0.05) is 44.0 Å². The lowest BCUT2D eigenvalue weighted by molar-refractivity contribution is 1.13. The lowest BCUT2D eigenvalue weighted by atomic mass is 9.97. The van der Waals surface area contributed by atoms with E-state index in [0.29, 0.717) is 22.3 Å². The Balaban J connectivity index is 1.14. The second-order valence-electron chi connectivity index (χ2n) is 17.2.